The largest absolute Gasteiger partial charge is 0.485 e. The molecule has 0 bridgehead atoms. The van der Waals surface area contributed by atoms with Crippen molar-refractivity contribution in [3.05, 3.63) is 35.0 Å². The molecule has 1 aromatic carbocycles. The van der Waals surface area contributed by atoms with Gasteiger partial charge in [0, 0.05) is 17.6 Å². The van der Waals surface area contributed by atoms with Crippen LogP contribution < -0.4 is 10.5 Å². The summed E-state index contributed by atoms with van der Waals surface area (Å²) in [5, 5.41) is 1.07. The number of primary amides is 1. The van der Waals surface area contributed by atoms with Crippen LogP contribution in [0.1, 0.15) is 17.3 Å². The molecule has 0 fully saturated rings. The highest BCUT2D eigenvalue weighted by molar-refractivity contribution is 6.35. The zero-order chi connectivity index (χ0) is 14.0. The Balaban J connectivity index is 2.57. The molecule has 0 radical (unpaired) electrons. The number of benzene rings is 1. The van der Waals surface area contributed by atoms with E-state index in [4.69, 9.17) is 22.1 Å². The molecule has 0 aliphatic carbocycles. The summed E-state index contributed by atoms with van der Waals surface area (Å²) < 4.78 is 5.27. The second-order valence-electron chi connectivity index (χ2n) is 4.01. The second-order valence-corrected chi connectivity index (χ2v) is 4.42. The average molecular weight is 279 g/mol. The van der Waals surface area contributed by atoms with Crippen LogP contribution in [0.15, 0.2) is 24.4 Å². The molecule has 2 rings (SSSR count). The zero-order valence-corrected chi connectivity index (χ0v) is 10.9. The van der Waals surface area contributed by atoms with Crippen molar-refractivity contribution in [2.24, 2.45) is 5.73 Å². The molecule has 0 aliphatic rings. The van der Waals surface area contributed by atoms with Crippen molar-refractivity contribution in [1.29, 1.82) is 0 Å². The minimum atomic E-state index is -0.652. The van der Waals surface area contributed by atoms with Gasteiger partial charge in [0.25, 0.3) is 5.91 Å². The fourth-order valence-corrected chi connectivity index (χ4v) is 1.84. The van der Waals surface area contributed by atoms with Crippen molar-refractivity contribution in [3.63, 3.8) is 0 Å². The lowest BCUT2D eigenvalue weighted by atomic mass is 10.1. The lowest BCUT2D eigenvalue weighted by Gasteiger charge is -2.10. The Morgan fingerprint density at radius 1 is 1.42 bits per heavy atom. The van der Waals surface area contributed by atoms with Crippen LogP contribution in [-0.4, -0.2) is 23.3 Å². The summed E-state index contributed by atoms with van der Waals surface area (Å²) in [7, 11) is 0. The number of carbonyl (C=O) groups excluding carboxylic acids is 2. The number of pyridine rings is 1. The fourth-order valence-electron chi connectivity index (χ4n) is 1.63. The van der Waals surface area contributed by atoms with Crippen molar-refractivity contribution < 1.29 is 14.3 Å². The van der Waals surface area contributed by atoms with E-state index in [9.17, 15) is 9.59 Å². The molecule has 0 spiro atoms. The third-order valence-corrected chi connectivity index (χ3v) is 2.82. The molecule has 19 heavy (non-hydrogen) atoms. The van der Waals surface area contributed by atoms with E-state index < -0.39 is 5.91 Å². The van der Waals surface area contributed by atoms with E-state index in [0.717, 1.165) is 0 Å². The van der Waals surface area contributed by atoms with Gasteiger partial charge in [0.15, 0.2) is 5.78 Å². The molecular weight excluding hydrogens is 268 g/mol. The number of nitrogens with two attached hydrogens (primary N) is 1. The molecule has 0 unspecified atom stereocenters. The third-order valence-electron chi connectivity index (χ3n) is 2.49. The zero-order valence-electron chi connectivity index (χ0n) is 10.1. The number of amides is 1. The number of Topliss-reactive ketones (excluding diaryl/α,β-unsaturated/α-hetero) is 1. The normalized spacial score (nSPS) is 10.4. The predicted molar refractivity (Wildman–Crippen MR) is 71.4 cm³/mol. The van der Waals surface area contributed by atoms with Crippen LogP contribution in [0.2, 0.25) is 5.02 Å². The molecular formula is C13H11ClN2O3. The van der Waals surface area contributed by atoms with Gasteiger partial charge in [-0.3, -0.25) is 14.6 Å². The van der Waals surface area contributed by atoms with Crippen LogP contribution >= 0.6 is 11.6 Å². The fraction of sp³-hybridized carbons (Fsp3) is 0.154. The molecule has 2 aromatic rings. The number of aromatic nitrogens is 1. The number of hydrogen-bond donors (Lipinski definition) is 1. The van der Waals surface area contributed by atoms with Gasteiger partial charge in [-0.2, -0.15) is 0 Å². The number of rotatable bonds is 4. The molecule has 1 heterocycles. The summed E-state index contributed by atoms with van der Waals surface area (Å²) in [4.78, 5) is 26.5. The van der Waals surface area contributed by atoms with Crippen LogP contribution in [0.4, 0.5) is 0 Å². The molecule has 0 saturated carbocycles. The lowest BCUT2D eigenvalue weighted by Crippen LogP contribution is -2.15. The SMILES string of the molecule is CC(=O)COc1cc2nccc(Cl)c2cc1C(N)=O. The summed E-state index contributed by atoms with van der Waals surface area (Å²) in [6.45, 7) is 1.26. The predicted octanol–water partition coefficient (Wildman–Crippen LogP) is 1.95. The first-order valence-corrected chi connectivity index (χ1v) is 5.87. The summed E-state index contributed by atoms with van der Waals surface area (Å²) >= 11 is 6.03. The van der Waals surface area contributed by atoms with Crippen molar-refractivity contribution in [2.45, 2.75) is 6.92 Å². The average Bonchev–Trinajstić information content (AvgIpc) is 2.35. The second kappa shape index (κ2) is 5.24. The van der Waals surface area contributed by atoms with E-state index in [2.05, 4.69) is 4.98 Å². The summed E-state index contributed by atoms with van der Waals surface area (Å²) in [5.41, 5.74) is 6.03. The van der Waals surface area contributed by atoms with Gasteiger partial charge in [-0.05, 0) is 19.1 Å². The van der Waals surface area contributed by atoms with Gasteiger partial charge in [-0.15, -0.1) is 0 Å². The number of ketones is 1. The Labute approximate surface area is 114 Å². The van der Waals surface area contributed by atoms with Crippen LogP contribution in [0, 0.1) is 0 Å². The van der Waals surface area contributed by atoms with E-state index in [1.807, 2.05) is 0 Å². The van der Waals surface area contributed by atoms with Crippen molar-refractivity contribution in [3.8, 4) is 5.75 Å². The minimum Gasteiger partial charge on any atom is -0.485 e. The molecule has 1 amide bonds. The highest BCUT2D eigenvalue weighted by Crippen LogP contribution is 2.29. The van der Waals surface area contributed by atoms with E-state index in [1.54, 1.807) is 18.3 Å². The van der Waals surface area contributed by atoms with Gasteiger partial charge in [0.1, 0.15) is 12.4 Å². The van der Waals surface area contributed by atoms with Crippen LogP contribution in [0.3, 0.4) is 0 Å². The molecule has 1 aromatic heterocycles. The minimum absolute atomic E-state index is 0.133. The first-order valence-electron chi connectivity index (χ1n) is 5.49. The molecule has 5 nitrogen and oxygen atoms in total. The molecule has 6 heteroatoms. The summed E-state index contributed by atoms with van der Waals surface area (Å²) in [6, 6.07) is 4.68. The maximum Gasteiger partial charge on any atom is 0.252 e. The monoisotopic (exact) mass is 278 g/mol. The number of ether oxygens (including phenoxy) is 1. The summed E-state index contributed by atoms with van der Waals surface area (Å²) in [6.07, 6.45) is 1.55. The molecule has 0 atom stereocenters. The summed E-state index contributed by atoms with van der Waals surface area (Å²) in [5.74, 6) is -0.583. The number of nitrogens with zero attached hydrogens (tertiary/aromatic N) is 1. The quantitative estimate of drug-likeness (QED) is 0.927. The Morgan fingerprint density at radius 2 is 2.16 bits per heavy atom. The van der Waals surface area contributed by atoms with Gasteiger partial charge in [0.2, 0.25) is 0 Å². The molecule has 0 saturated heterocycles. The van der Waals surface area contributed by atoms with Gasteiger partial charge in [-0.1, -0.05) is 11.6 Å². The third kappa shape index (κ3) is 2.82. The van der Waals surface area contributed by atoms with Crippen molar-refractivity contribution in [1.82, 2.24) is 4.98 Å². The molecule has 0 aliphatic heterocycles. The first-order chi connectivity index (χ1) is 8.99. The molecule has 98 valence electrons. The number of fused-ring (bicyclic) bond motifs is 1. The van der Waals surface area contributed by atoms with Gasteiger partial charge >= 0.3 is 0 Å². The van der Waals surface area contributed by atoms with Crippen molar-refractivity contribution >= 4 is 34.2 Å². The van der Waals surface area contributed by atoms with Crippen LogP contribution in [0.5, 0.6) is 5.75 Å². The van der Waals surface area contributed by atoms with Crippen LogP contribution in [0.25, 0.3) is 10.9 Å². The van der Waals surface area contributed by atoms with E-state index in [1.165, 1.54) is 13.0 Å². The number of halogens is 1. The molecule has 2 N–H and O–H groups in total. The van der Waals surface area contributed by atoms with Gasteiger partial charge < -0.3 is 10.5 Å². The Bertz CT molecular complexity index is 670. The first kappa shape index (κ1) is 13.3. The Morgan fingerprint density at radius 3 is 2.79 bits per heavy atom. The Kier molecular flexibility index (Phi) is 3.66. The Hall–Kier alpha value is -2.14. The van der Waals surface area contributed by atoms with E-state index in [0.29, 0.717) is 15.9 Å². The number of hydrogen-bond acceptors (Lipinski definition) is 4. The van der Waals surface area contributed by atoms with Gasteiger partial charge in [0.05, 0.1) is 16.1 Å². The smallest absolute Gasteiger partial charge is 0.252 e. The highest BCUT2D eigenvalue weighted by atomic mass is 35.5. The maximum atomic E-state index is 11.4. The maximum absolute atomic E-state index is 11.4. The highest BCUT2D eigenvalue weighted by Gasteiger charge is 2.14. The number of carbonyl (C=O) groups is 2. The van der Waals surface area contributed by atoms with Crippen LogP contribution in [-0.2, 0) is 4.79 Å². The standard InChI is InChI=1S/C13H11ClN2O3/c1-7(17)6-19-12-5-11-8(4-9(12)13(15)18)10(14)2-3-16-11/h2-5H,6H2,1H3,(H2,15,18). The van der Waals surface area contributed by atoms with Crippen molar-refractivity contribution in [2.75, 3.05) is 6.61 Å². The topological polar surface area (TPSA) is 82.3 Å². The van der Waals surface area contributed by atoms with Gasteiger partial charge in [-0.25, -0.2) is 0 Å². The van der Waals surface area contributed by atoms with E-state index in [-0.39, 0.29) is 23.7 Å². The lowest BCUT2D eigenvalue weighted by molar-refractivity contribution is -0.118. The van der Waals surface area contributed by atoms with E-state index >= 15 is 0 Å².